The SMILES string of the molecule is O=C(OC(C[NH+]1CCCCC1)C[NH+]1CCCCC1)c1ccccc1. The monoisotopic (exact) mass is 332 g/mol. The van der Waals surface area contributed by atoms with Gasteiger partial charge in [0.2, 0.25) is 0 Å². The summed E-state index contributed by atoms with van der Waals surface area (Å²) in [5.74, 6) is -0.159. The maximum atomic E-state index is 12.5. The molecule has 24 heavy (non-hydrogen) atoms. The number of ether oxygens (including phenoxy) is 1. The van der Waals surface area contributed by atoms with E-state index in [9.17, 15) is 4.79 Å². The molecular weight excluding hydrogens is 300 g/mol. The number of hydrogen-bond acceptors (Lipinski definition) is 2. The van der Waals surface area contributed by atoms with Gasteiger partial charge in [-0.1, -0.05) is 18.2 Å². The molecule has 0 aliphatic carbocycles. The number of carbonyl (C=O) groups is 1. The van der Waals surface area contributed by atoms with E-state index in [0.717, 1.165) is 13.1 Å². The van der Waals surface area contributed by atoms with Crippen LogP contribution in [0.25, 0.3) is 0 Å². The van der Waals surface area contributed by atoms with E-state index >= 15 is 0 Å². The summed E-state index contributed by atoms with van der Waals surface area (Å²) < 4.78 is 5.96. The minimum Gasteiger partial charge on any atom is -0.447 e. The fourth-order valence-electron chi connectivity index (χ4n) is 4.10. The first kappa shape index (κ1) is 17.4. The normalized spacial score (nSPS) is 20.2. The van der Waals surface area contributed by atoms with Crippen LogP contribution < -0.4 is 9.80 Å². The minimum absolute atomic E-state index is 0.0407. The number of nitrogens with one attached hydrogen (secondary N) is 2. The molecular formula is C20H32N2O2+2. The van der Waals surface area contributed by atoms with Gasteiger partial charge in [0.1, 0.15) is 13.1 Å². The maximum absolute atomic E-state index is 12.5. The van der Waals surface area contributed by atoms with Crippen LogP contribution in [0.4, 0.5) is 0 Å². The highest BCUT2D eigenvalue weighted by Crippen LogP contribution is 2.04. The van der Waals surface area contributed by atoms with Crippen molar-refractivity contribution in [1.82, 2.24) is 0 Å². The molecule has 0 spiro atoms. The van der Waals surface area contributed by atoms with Crippen LogP contribution in [0.3, 0.4) is 0 Å². The van der Waals surface area contributed by atoms with Crippen molar-refractivity contribution >= 4 is 5.97 Å². The average molecular weight is 332 g/mol. The van der Waals surface area contributed by atoms with Crippen LogP contribution in [-0.2, 0) is 4.74 Å². The van der Waals surface area contributed by atoms with Crippen LogP contribution in [0, 0.1) is 0 Å². The Kier molecular flexibility index (Phi) is 6.67. The van der Waals surface area contributed by atoms with E-state index in [2.05, 4.69) is 0 Å². The molecule has 1 aromatic carbocycles. The van der Waals surface area contributed by atoms with Crippen LogP contribution in [0.1, 0.15) is 48.9 Å². The van der Waals surface area contributed by atoms with Gasteiger partial charge in [-0.05, 0) is 50.7 Å². The zero-order valence-corrected chi connectivity index (χ0v) is 14.8. The molecule has 0 amide bonds. The summed E-state index contributed by atoms with van der Waals surface area (Å²) in [7, 11) is 0. The molecule has 4 nitrogen and oxygen atoms in total. The van der Waals surface area contributed by atoms with Gasteiger partial charge >= 0.3 is 5.97 Å². The van der Waals surface area contributed by atoms with Crippen molar-refractivity contribution < 1.29 is 19.3 Å². The smallest absolute Gasteiger partial charge is 0.338 e. The number of likely N-dealkylation sites (tertiary alicyclic amines) is 2. The predicted molar refractivity (Wildman–Crippen MR) is 94.5 cm³/mol. The number of benzene rings is 1. The Hall–Kier alpha value is -1.39. The quantitative estimate of drug-likeness (QED) is 0.738. The lowest BCUT2D eigenvalue weighted by molar-refractivity contribution is -0.929. The van der Waals surface area contributed by atoms with Crippen molar-refractivity contribution in [3.63, 3.8) is 0 Å². The molecule has 132 valence electrons. The number of piperidine rings is 2. The standard InChI is InChI=1S/C20H30N2O2/c23-20(18-10-4-1-5-11-18)24-19(16-21-12-6-2-7-13-21)17-22-14-8-3-9-15-22/h1,4-5,10-11,19H,2-3,6-9,12-17H2/p+2. The summed E-state index contributed by atoms with van der Waals surface area (Å²) in [6, 6.07) is 9.43. The second kappa shape index (κ2) is 9.19. The lowest BCUT2D eigenvalue weighted by Crippen LogP contribution is -3.17. The molecule has 2 N–H and O–H groups in total. The second-order valence-corrected chi connectivity index (χ2v) is 7.42. The van der Waals surface area contributed by atoms with Gasteiger partial charge in [-0.3, -0.25) is 0 Å². The third-order valence-corrected chi connectivity index (χ3v) is 5.44. The van der Waals surface area contributed by atoms with E-state index in [1.54, 1.807) is 9.80 Å². The van der Waals surface area contributed by atoms with Gasteiger partial charge in [0.15, 0.2) is 6.10 Å². The van der Waals surface area contributed by atoms with Gasteiger partial charge < -0.3 is 14.5 Å². The van der Waals surface area contributed by atoms with Gasteiger partial charge in [-0.25, -0.2) is 4.79 Å². The zero-order valence-electron chi connectivity index (χ0n) is 14.8. The predicted octanol–water partition coefficient (Wildman–Crippen LogP) is 0.350. The van der Waals surface area contributed by atoms with Crippen LogP contribution in [0.2, 0.25) is 0 Å². The van der Waals surface area contributed by atoms with E-state index in [1.807, 2.05) is 30.3 Å². The Morgan fingerprint density at radius 1 is 0.833 bits per heavy atom. The molecule has 2 saturated heterocycles. The Morgan fingerprint density at radius 3 is 1.83 bits per heavy atom. The summed E-state index contributed by atoms with van der Waals surface area (Å²) in [6.45, 7) is 6.87. The lowest BCUT2D eigenvalue weighted by Gasteiger charge is -2.31. The van der Waals surface area contributed by atoms with Crippen molar-refractivity contribution in [2.24, 2.45) is 0 Å². The highest BCUT2D eigenvalue weighted by molar-refractivity contribution is 5.89. The number of rotatable bonds is 6. The molecule has 0 saturated carbocycles. The number of hydrogen-bond donors (Lipinski definition) is 2. The zero-order chi connectivity index (χ0) is 16.6. The largest absolute Gasteiger partial charge is 0.447 e. The summed E-state index contributed by atoms with van der Waals surface area (Å²) in [4.78, 5) is 15.7. The van der Waals surface area contributed by atoms with Crippen LogP contribution in [-0.4, -0.2) is 51.3 Å². The fraction of sp³-hybridized carbons (Fsp3) is 0.650. The molecule has 1 aromatic rings. The number of esters is 1. The maximum Gasteiger partial charge on any atom is 0.338 e. The number of carbonyl (C=O) groups excluding carboxylic acids is 1. The molecule has 2 fully saturated rings. The molecule has 4 heteroatoms. The summed E-state index contributed by atoms with van der Waals surface area (Å²) in [5, 5.41) is 0. The average Bonchev–Trinajstić information content (AvgIpc) is 2.64. The highest BCUT2D eigenvalue weighted by atomic mass is 16.5. The third kappa shape index (κ3) is 5.32. The van der Waals surface area contributed by atoms with Crippen LogP contribution >= 0.6 is 0 Å². The van der Waals surface area contributed by atoms with Crippen LogP contribution in [0.5, 0.6) is 0 Å². The van der Waals surface area contributed by atoms with E-state index in [1.165, 1.54) is 64.7 Å². The third-order valence-electron chi connectivity index (χ3n) is 5.44. The Balaban J connectivity index is 1.60. The first-order valence-corrected chi connectivity index (χ1v) is 9.74. The summed E-state index contributed by atoms with van der Waals surface area (Å²) in [6.07, 6.45) is 8.00. The van der Waals surface area contributed by atoms with Crippen molar-refractivity contribution in [3.05, 3.63) is 35.9 Å². The Bertz CT molecular complexity index is 474. The first-order valence-electron chi connectivity index (χ1n) is 9.74. The van der Waals surface area contributed by atoms with E-state index in [0.29, 0.717) is 5.56 Å². The van der Waals surface area contributed by atoms with E-state index in [4.69, 9.17) is 4.74 Å². The fourth-order valence-corrected chi connectivity index (χ4v) is 4.10. The summed E-state index contributed by atoms with van der Waals surface area (Å²) >= 11 is 0. The topological polar surface area (TPSA) is 35.2 Å². The van der Waals surface area contributed by atoms with Crippen molar-refractivity contribution in [3.8, 4) is 0 Å². The highest BCUT2D eigenvalue weighted by Gasteiger charge is 2.28. The molecule has 2 aliphatic rings. The molecule has 2 heterocycles. The molecule has 3 rings (SSSR count). The Labute approximate surface area is 145 Å². The van der Waals surface area contributed by atoms with Crippen molar-refractivity contribution in [2.45, 2.75) is 44.6 Å². The van der Waals surface area contributed by atoms with Gasteiger partial charge in [0.05, 0.1) is 31.7 Å². The second-order valence-electron chi connectivity index (χ2n) is 7.42. The molecule has 0 unspecified atom stereocenters. The molecule has 0 atom stereocenters. The molecule has 2 aliphatic heterocycles. The molecule has 0 aromatic heterocycles. The van der Waals surface area contributed by atoms with Crippen molar-refractivity contribution in [1.29, 1.82) is 0 Å². The van der Waals surface area contributed by atoms with Gasteiger partial charge in [-0.2, -0.15) is 0 Å². The minimum atomic E-state index is -0.159. The summed E-state index contributed by atoms with van der Waals surface area (Å²) in [5.41, 5.74) is 0.671. The Morgan fingerprint density at radius 2 is 1.33 bits per heavy atom. The lowest BCUT2D eigenvalue weighted by atomic mass is 10.1. The van der Waals surface area contributed by atoms with Crippen molar-refractivity contribution in [2.75, 3.05) is 39.3 Å². The van der Waals surface area contributed by atoms with Crippen LogP contribution in [0.15, 0.2) is 30.3 Å². The first-order chi connectivity index (χ1) is 11.8. The van der Waals surface area contributed by atoms with E-state index in [-0.39, 0.29) is 12.1 Å². The van der Waals surface area contributed by atoms with Gasteiger partial charge in [-0.15, -0.1) is 0 Å². The van der Waals surface area contributed by atoms with E-state index < -0.39 is 0 Å². The number of quaternary nitrogens is 2. The molecule has 0 bridgehead atoms. The molecule has 0 radical (unpaired) electrons. The van der Waals surface area contributed by atoms with Gasteiger partial charge in [0.25, 0.3) is 0 Å². The van der Waals surface area contributed by atoms with Gasteiger partial charge in [0, 0.05) is 0 Å².